The zero-order valence-corrected chi connectivity index (χ0v) is 10.4. The van der Waals surface area contributed by atoms with Crippen LogP contribution in [0.5, 0.6) is 5.75 Å². The normalized spacial score (nSPS) is 10.1. The first-order chi connectivity index (χ1) is 7.13. The van der Waals surface area contributed by atoms with Crippen LogP contribution < -0.4 is 4.74 Å². The molecule has 0 spiro atoms. The van der Waals surface area contributed by atoms with E-state index in [2.05, 4.69) is 26.9 Å². The zero-order chi connectivity index (χ0) is 11.3. The Morgan fingerprint density at radius 3 is 2.73 bits per heavy atom. The molecule has 0 aliphatic heterocycles. The Kier molecular flexibility index (Phi) is 4.60. The van der Waals surface area contributed by atoms with E-state index in [9.17, 15) is 0 Å². The van der Waals surface area contributed by atoms with Gasteiger partial charge in [-0.15, -0.1) is 0 Å². The number of benzene rings is 1. The lowest BCUT2D eigenvalue weighted by Crippen LogP contribution is -2.19. The first-order valence-electron chi connectivity index (χ1n) is 4.60. The first kappa shape index (κ1) is 12.0. The van der Waals surface area contributed by atoms with Crippen LogP contribution in [0.25, 0.3) is 0 Å². The maximum absolute atomic E-state index is 8.68. The van der Waals surface area contributed by atoms with Gasteiger partial charge in [-0.05, 0) is 48.2 Å². The summed E-state index contributed by atoms with van der Waals surface area (Å²) in [4.78, 5) is 2.05. The molecule has 15 heavy (non-hydrogen) atoms. The number of hydrogen-bond acceptors (Lipinski definition) is 3. The Morgan fingerprint density at radius 2 is 2.20 bits per heavy atom. The molecule has 80 valence electrons. The van der Waals surface area contributed by atoms with Gasteiger partial charge in [-0.2, -0.15) is 5.26 Å². The number of rotatable bonds is 4. The van der Waals surface area contributed by atoms with E-state index < -0.39 is 0 Å². The number of nitriles is 1. The van der Waals surface area contributed by atoms with Crippen molar-refractivity contribution in [3.63, 3.8) is 0 Å². The van der Waals surface area contributed by atoms with Crippen molar-refractivity contribution in [2.24, 2.45) is 0 Å². The van der Waals surface area contributed by atoms with Gasteiger partial charge in [0.25, 0.3) is 0 Å². The second kappa shape index (κ2) is 5.74. The van der Waals surface area contributed by atoms with Gasteiger partial charge in [0.2, 0.25) is 0 Å². The third-order valence-corrected chi connectivity index (χ3v) is 2.48. The highest BCUT2D eigenvalue weighted by Crippen LogP contribution is 2.25. The van der Waals surface area contributed by atoms with Gasteiger partial charge in [0, 0.05) is 6.54 Å². The summed E-state index contributed by atoms with van der Waals surface area (Å²) in [6, 6.07) is 7.38. The van der Waals surface area contributed by atoms with Crippen molar-refractivity contribution in [2.45, 2.75) is 0 Å². The Morgan fingerprint density at radius 1 is 1.47 bits per heavy atom. The Hall–Kier alpha value is -1.05. The third-order valence-electron chi connectivity index (χ3n) is 1.86. The molecule has 1 rings (SSSR count). The number of hydrogen-bond donors (Lipinski definition) is 0. The van der Waals surface area contributed by atoms with Crippen LogP contribution in [0.4, 0.5) is 0 Å². The van der Waals surface area contributed by atoms with Gasteiger partial charge >= 0.3 is 0 Å². The molecular weight excluding hydrogens is 256 g/mol. The quantitative estimate of drug-likeness (QED) is 0.841. The molecule has 0 N–H and O–H groups in total. The van der Waals surface area contributed by atoms with Gasteiger partial charge < -0.3 is 9.64 Å². The Balaban J connectivity index is 2.59. The predicted octanol–water partition coefficient (Wildman–Crippen LogP) is 2.26. The highest BCUT2D eigenvalue weighted by atomic mass is 79.9. The van der Waals surface area contributed by atoms with Crippen LogP contribution in [0.1, 0.15) is 5.56 Å². The summed E-state index contributed by atoms with van der Waals surface area (Å²) in [5, 5.41) is 8.68. The molecule has 4 heteroatoms. The molecule has 0 bridgehead atoms. The summed E-state index contributed by atoms with van der Waals surface area (Å²) in [6.45, 7) is 1.50. The molecule has 1 aromatic rings. The van der Waals surface area contributed by atoms with Crippen molar-refractivity contribution in [1.29, 1.82) is 5.26 Å². The van der Waals surface area contributed by atoms with Crippen LogP contribution in [-0.4, -0.2) is 32.1 Å². The van der Waals surface area contributed by atoms with Crippen LogP contribution in [0, 0.1) is 11.3 Å². The molecule has 0 amide bonds. The van der Waals surface area contributed by atoms with Gasteiger partial charge in [0.1, 0.15) is 12.4 Å². The molecule has 0 heterocycles. The molecule has 3 nitrogen and oxygen atoms in total. The SMILES string of the molecule is CN(C)CCOc1ccc(C#N)cc1Br. The lowest BCUT2D eigenvalue weighted by Gasteiger charge is -2.11. The second-order valence-corrected chi connectivity index (χ2v) is 4.26. The summed E-state index contributed by atoms with van der Waals surface area (Å²) in [5.41, 5.74) is 0.627. The molecule has 1 aromatic carbocycles. The van der Waals surface area contributed by atoms with Crippen molar-refractivity contribution >= 4 is 15.9 Å². The molecule has 0 radical (unpaired) electrons. The number of ether oxygens (including phenoxy) is 1. The summed E-state index contributed by atoms with van der Waals surface area (Å²) in [5.74, 6) is 0.774. The highest BCUT2D eigenvalue weighted by molar-refractivity contribution is 9.10. The fourth-order valence-electron chi connectivity index (χ4n) is 1.03. The molecule has 0 aliphatic carbocycles. The van der Waals surface area contributed by atoms with E-state index >= 15 is 0 Å². The highest BCUT2D eigenvalue weighted by Gasteiger charge is 2.02. The summed E-state index contributed by atoms with van der Waals surface area (Å²) in [6.07, 6.45) is 0. The van der Waals surface area contributed by atoms with E-state index in [4.69, 9.17) is 10.00 Å². The minimum absolute atomic E-state index is 0.627. The van der Waals surface area contributed by atoms with Crippen molar-refractivity contribution in [3.8, 4) is 11.8 Å². The number of nitrogens with zero attached hydrogens (tertiary/aromatic N) is 2. The lowest BCUT2D eigenvalue weighted by molar-refractivity contribution is 0.260. The zero-order valence-electron chi connectivity index (χ0n) is 8.83. The van der Waals surface area contributed by atoms with Crippen molar-refractivity contribution in [1.82, 2.24) is 4.90 Å². The van der Waals surface area contributed by atoms with Gasteiger partial charge in [-0.25, -0.2) is 0 Å². The minimum atomic E-state index is 0.627. The molecule has 0 saturated carbocycles. The largest absolute Gasteiger partial charge is 0.491 e. The van der Waals surface area contributed by atoms with E-state index in [0.29, 0.717) is 12.2 Å². The molecule has 0 aromatic heterocycles. The topological polar surface area (TPSA) is 36.3 Å². The summed E-state index contributed by atoms with van der Waals surface area (Å²) < 4.78 is 6.37. The van der Waals surface area contributed by atoms with E-state index in [-0.39, 0.29) is 0 Å². The molecule has 0 fully saturated rings. The van der Waals surface area contributed by atoms with Gasteiger partial charge in [-0.3, -0.25) is 0 Å². The average molecular weight is 269 g/mol. The van der Waals surface area contributed by atoms with Crippen LogP contribution in [-0.2, 0) is 0 Å². The maximum Gasteiger partial charge on any atom is 0.133 e. The van der Waals surface area contributed by atoms with Gasteiger partial charge in [-0.1, -0.05) is 0 Å². The average Bonchev–Trinajstić information content (AvgIpc) is 2.20. The molecule has 0 atom stereocenters. The number of halogens is 1. The smallest absolute Gasteiger partial charge is 0.133 e. The third kappa shape index (κ3) is 3.90. The van der Waals surface area contributed by atoms with Crippen LogP contribution >= 0.6 is 15.9 Å². The fourth-order valence-corrected chi connectivity index (χ4v) is 1.52. The molecule has 0 unspecified atom stereocenters. The van der Waals surface area contributed by atoms with Crippen LogP contribution in [0.3, 0.4) is 0 Å². The van der Waals surface area contributed by atoms with Crippen molar-refractivity contribution < 1.29 is 4.74 Å². The first-order valence-corrected chi connectivity index (χ1v) is 5.40. The molecule has 0 aliphatic rings. The minimum Gasteiger partial charge on any atom is -0.491 e. The van der Waals surface area contributed by atoms with Crippen molar-refractivity contribution in [2.75, 3.05) is 27.2 Å². The summed E-state index contributed by atoms with van der Waals surface area (Å²) >= 11 is 3.37. The number of likely N-dealkylation sites (N-methyl/N-ethyl adjacent to an activating group) is 1. The van der Waals surface area contributed by atoms with Gasteiger partial charge in [0.05, 0.1) is 16.1 Å². The molecule has 0 saturated heterocycles. The molecular formula is C11H13BrN2O. The Bertz CT molecular complexity index is 371. The van der Waals surface area contributed by atoms with Crippen LogP contribution in [0.15, 0.2) is 22.7 Å². The van der Waals surface area contributed by atoms with E-state index in [1.165, 1.54) is 0 Å². The summed E-state index contributed by atoms with van der Waals surface area (Å²) in [7, 11) is 3.99. The fraction of sp³-hybridized carbons (Fsp3) is 0.364. The lowest BCUT2D eigenvalue weighted by atomic mass is 10.2. The van der Waals surface area contributed by atoms with E-state index in [1.54, 1.807) is 18.2 Å². The maximum atomic E-state index is 8.68. The van der Waals surface area contributed by atoms with Gasteiger partial charge in [0.15, 0.2) is 0 Å². The Labute approximate surface area is 98.4 Å². The monoisotopic (exact) mass is 268 g/mol. The second-order valence-electron chi connectivity index (χ2n) is 3.41. The van der Waals surface area contributed by atoms with E-state index in [1.807, 2.05) is 14.1 Å². The van der Waals surface area contributed by atoms with Crippen LogP contribution in [0.2, 0.25) is 0 Å². The van der Waals surface area contributed by atoms with Crippen molar-refractivity contribution in [3.05, 3.63) is 28.2 Å². The standard InChI is InChI=1S/C11H13BrN2O/c1-14(2)5-6-15-11-4-3-9(8-13)7-10(11)12/h3-4,7H,5-6H2,1-2H3. The predicted molar refractivity (Wildman–Crippen MR) is 62.9 cm³/mol. The van der Waals surface area contributed by atoms with E-state index in [0.717, 1.165) is 16.8 Å².